The van der Waals surface area contributed by atoms with Gasteiger partial charge in [0.25, 0.3) is 0 Å². The van der Waals surface area contributed by atoms with E-state index in [1.807, 2.05) is 12.1 Å². The van der Waals surface area contributed by atoms with Crippen LogP contribution in [0.4, 0.5) is 4.39 Å². The fourth-order valence-corrected chi connectivity index (χ4v) is 1.80. The third-order valence-corrected chi connectivity index (χ3v) is 2.88. The molecule has 0 amide bonds. The normalized spacial score (nSPS) is 14.9. The summed E-state index contributed by atoms with van der Waals surface area (Å²) in [5, 5.41) is 3.35. The quantitative estimate of drug-likeness (QED) is 0.782. The lowest BCUT2D eigenvalue weighted by Gasteiger charge is -2.24. The van der Waals surface area contributed by atoms with Gasteiger partial charge in [-0.2, -0.15) is 0 Å². The van der Waals surface area contributed by atoms with Crippen molar-refractivity contribution in [2.75, 3.05) is 6.54 Å². The maximum absolute atomic E-state index is 13.6. The van der Waals surface area contributed by atoms with Gasteiger partial charge in [-0.3, -0.25) is 0 Å². The molecular weight excluding hydrogens is 189 g/mol. The van der Waals surface area contributed by atoms with Crippen molar-refractivity contribution in [2.45, 2.75) is 33.2 Å². The van der Waals surface area contributed by atoms with Gasteiger partial charge >= 0.3 is 0 Å². The first-order chi connectivity index (χ1) is 7.20. The number of halogens is 1. The second-order valence-electron chi connectivity index (χ2n) is 3.94. The van der Waals surface area contributed by atoms with Gasteiger partial charge in [-0.05, 0) is 18.5 Å². The third kappa shape index (κ3) is 3.03. The van der Waals surface area contributed by atoms with E-state index in [-0.39, 0.29) is 11.9 Å². The summed E-state index contributed by atoms with van der Waals surface area (Å²) in [5.74, 6) is 0.339. The predicted molar refractivity (Wildman–Crippen MR) is 62.3 cm³/mol. The molecule has 1 N–H and O–H groups in total. The van der Waals surface area contributed by atoms with Crippen molar-refractivity contribution in [2.24, 2.45) is 5.92 Å². The Labute approximate surface area is 91.7 Å². The minimum absolute atomic E-state index is 0.108. The molecule has 2 heteroatoms. The van der Waals surface area contributed by atoms with Gasteiger partial charge in [0.05, 0.1) is 0 Å². The Hall–Kier alpha value is -0.890. The van der Waals surface area contributed by atoms with Crippen LogP contribution >= 0.6 is 0 Å². The molecule has 0 spiro atoms. The molecular formula is C13H20FN. The molecule has 0 aromatic heterocycles. The van der Waals surface area contributed by atoms with E-state index in [1.165, 1.54) is 6.07 Å². The zero-order valence-corrected chi connectivity index (χ0v) is 9.76. The fourth-order valence-electron chi connectivity index (χ4n) is 1.80. The Balaban J connectivity index is 2.93. The first-order valence-corrected chi connectivity index (χ1v) is 5.68. The smallest absolute Gasteiger partial charge is 0.127 e. The van der Waals surface area contributed by atoms with E-state index < -0.39 is 0 Å². The molecule has 2 atom stereocenters. The maximum Gasteiger partial charge on any atom is 0.127 e. The van der Waals surface area contributed by atoms with Gasteiger partial charge in [0, 0.05) is 11.6 Å². The lowest BCUT2D eigenvalue weighted by Crippen LogP contribution is -2.27. The SMILES string of the molecule is CCNC(c1ccccc1F)C(C)CC. The summed E-state index contributed by atoms with van der Waals surface area (Å²) < 4.78 is 13.6. The van der Waals surface area contributed by atoms with Gasteiger partial charge in [-0.25, -0.2) is 4.39 Å². The molecule has 0 saturated carbocycles. The molecule has 2 unspecified atom stereocenters. The second kappa shape index (κ2) is 5.86. The topological polar surface area (TPSA) is 12.0 Å². The highest BCUT2D eigenvalue weighted by atomic mass is 19.1. The summed E-state index contributed by atoms with van der Waals surface area (Å²) in [5.41, 5.74) is 0.786. The molecule has 15 heavy (non-hydrogen) atoms. The highest BCUT2D eigenvalue weighted by Gasteiger charge is 2.19. The van der Waals surface area contributed by atoms with Crippen molar-refractivity contribution < 1.29 is 4.39 Å². The van der Waals surface area contributed by atoms with Crippen LogP contribution in [0.5, 0.6) is 0 Å². The summed E-state index contributed by atoms with van der Waals surface area (Å²) in [4.78, 5) is 0. The molecule has 84 valence electrons. The van der Waals surface area contributed by atoms with Crippen molar-refractivity contribution in [3.05, 3.63) is 35.6 Å². The van der Waals surface area contributed by atoms with Crippen LogP contribution in [0, 0.1) is 11.7 Å². The molecule has 0 aliphatic heterocycles. The summed E-state index contributed by atoms with van der Waals surface area (Å²) in [6.07, 6.45) is 1.05. The number of hydrogen-bond donors (Lipinski definition) is 1. The summed E-state index contributed by atoms with van der Waals surface area (Å²) >= 11 is 0. The Morgan fingerprint density at radius 3 is 2.47 bits per heavy atom. The fraction of sp³-hybridized carbons (Fsp3) is 0.538. The van der Waals surface area contributed by atoms with Crippen LogP contribution in [-0.4, -0.2) is 6.54 Å². The molecule has 1 rings (SSSR count). The van der Waals surface area contributed by atoms with Crippen molar-refractivity contribution >= 4 is 0 Å². The van der Waals surface area contributed by atoms with Crippen LogP contribution in [-0.2, 0) is 0 Å². The van der Waals surface area contributed by atoms with Gasteiger partial charge < -0.3 is 5.32 Å². The van der Waals surface area contributed by atoms with Gasteiger partial charge in [0.2, 0.25) is 0 Å². The minimum atomic E-state index is -0.108. The Morgan fingerprint density at radius 1 is 1.27 bits per heavy atom. The zero-order chi connectivity index (χ0) is 11.3. The molecule has 0 fully saturated rings. The lowest BCUT2D eigenvalue weighted by atomic mass is 9.92. The van der Waals surface area contributed by atoms with Crippen LogP contribution in [0.25, 0.3) is 0 Å². The highest BCUT2D eigenvalue weighted by molar-refractivity contribution is 5.21. The Bertz CT molecular complexity index is 298. The van der Waals surface area contributed by atoms with Crippen LogP contribution < -0.4 is 5.32 Å². The van der Waals surface area contributed by atoms with E-state index in [9.17, 15) is 4.39 Å². The molecule has 1 aromatic rings. The number of benzene rings is 1. The molecule has 0 bridgehead atoms. The Kier molecular flexibility index (Phi) is 4.76. The number of nitrogens with one attached hydrogen (secondary N) is 1. The number of hydrogen-bond acceptors (Lipinski definition) is 1. The minimum Gasteiger partial charge on any atom is -0.310 e. The molecule has 0 saturated heterocycles. The molecule has 0 aliphatic carbocycles. The maximum atomic E-state index is 13.6. The standard InChI is InChI=1S/C13H20FN/c1-4-10(3)13(15-5-2)11-8-6-7-9-12(11)14/h6-10,13,15H,4-5H2,1-3H3. The van der Waals surface area contributed by atoms with Crippen LogP contribution in [0.15, 0.2) is 24.3 Å². The van der Waals surface area contributed by atoms with Gasteiger partial charge in [0.15, 0.2) is 0 Å². The van der Waals surface area contributed by atoms with Crippen LogP contribution in [0.1, 0.15) is 38.8 Å². The number of rotatable bonds is 5. The first kappa shape index (κ1) is 12.2. The summed E-state index contributed by atoms with van der Waals surface area (Å²) in [7, 11) is 0. The van der Waals surface area contributed by atoms with Crippen LogP contribution in [0.2, 0.25) is 0 Å². The first-order valence-electron chi connectivity index (χ1n) is 5.68. The predicted octanol–water partition coefficient (Wildman–Crippen LogP) is 3.52. The molecule has 1 aromatic carbocycles. The van der Waals surface area contributed by atoms with E-state index in [0.717, 1.165) is 18.5 Å². The third-order valence-electron chi connectivity index (χ3n) is 2.88. The zero-order valence-electron chi connectivity index (χ0n) is 9.76. The largest absolute Gasteiger partial charge is 0.310 e. The molecule has 0 radical (unpaired) electrons. The van der Waals surface area contributed by atoms with Crippen molar-refractivity contribution in [1.82, 2.24) is 5.32 Å². The van der Waals surface area contributed by atoms with Crippen molar-refractivity contribution in [3.63, 3.8) is 0 Å². The molecule has 0 heterocycles. The van der Waals surface area contributed by atoms with E-state index >= 15 is 0 Å². The molecule has 0 aliphatic rings. The van der Waals surface area contributed by atoms with Crippen molar-refractivity contribution in [3.8, 4) is 0 Å². The van der Waals surface area contributed by atoms with Crippen molar-refractivity contribution in [1.29, 1.82) is 0 Å². The van der Waals surface area contributed by atoms with E-state index in [0.29, 0.717) is 5.92 Å². The van der Waals surface area contributed by atoms with E-state index in [2.05, 4.69) is 26.1 Å². The molecule has 1 nitrogen and oxygen atoms in total. The summed E-state index contributed by atoms with van der Waals surface area (Å²) in [6, 6.07) is 7.15. The van der Waals surface area contributed by atoms with Gasteiger partial charge in [0.1, 0.15) is 5.82 Å². The average molecular weight is 209 g/mol. The van der Waals surface area contributed by atoms with E-state index in [4.69, 9.17) is 0 Å². The Morgan fingerprint density at radius 2 is 1.93 bits per heavy atom. The van der Waals surface area contributed by atoms with E-state index in [1.54, 1.807) is 6.07 Å². The highest BCUT2D eigenvalue weighted by Crippen LogP contribution is 2.26. The van der Waals surface area contributed by atoms with Gasteiger partial charge in [-0.15, -0.1) is 0 Å². The van der Waals surface area contributed by atoms with Crippen LogP contribution in [0.3, 0.4) is 0 Å². The monoisotopic (exact) mass is 209 g/mol. The second-order valence-corrected chi connectivity index (χ2v) is 3.94. The average Bonchev–Trinajstić information content (AvgIpc) is 2.26. The summed E-state index contributed by atoms with van der Waals surface area (Å²) in [6.45, 7) is 7.20. The van der Waals surface area contributed by atoms with Gasteiger partial charge in [-0.1, -0.05) is 45.4 Å². The lowest BCUT2D eigenvalue weighted by molar-refractivity contribution is 0.372.